The van der Waals surface area contributed by atoms with Crippen LogP contribution >= 0.6 is 0 Å². The zero-order valence-electron chi connectivity index (χ0n) is 13.6. The molecule has 1 aliphatic rings. The van der Waals surface area contributed by atoms with Crippen LogP contribution in [0.4, 0.5) is 0 Å². The van der Waals surface area contributed by atoms with Crippen molar-refractivity contribution < 1.29 is 4.79 Å². The van der Waals surface area contributed by atoms with E-state index < -0.39 is 0 Å². The van der Waals surface area contributed by atoms with Crippen molar-refractivity contribution >= 4 is 11.9 Å². The Balaban J connectivity index is 1.67. The topological polar surface area (TPSA) is 56.7 Å². The summed E-state index contributed by atoms with van der Waals surface area (Å²) in [6.07, 6.45) is 2.46. The second-order valence-electron chi connectivity index (χ2n) is 5.55. The normalized spacial score (nSPS) is 13.9. The fourth-order valence-electron chi connectivity index (χ4n) is 2.58. The first kappa shape index (κ1) is 16.3. The lowest BCUT2D eigenvalue weighted by Crippen LogP contribution is -2.38. The molecule has 0 fully saturated rings. The zero-order valence-corrected chi connectivity index (χ0v) is 13.6. The minimum absolute atomic E-state index is 0.231. The molecular formula is C17H26N4O. The summed E-state index contributed by atoms with van der Waals surface area (Å²) in [5.74, 6) is 1.04. The second-order valence-corrected chi connectivity index (χ2v) is 5.55. The fourth-order valence-corrected chi connectivity index (χ4v) is 2.58. The van der Waals surface area contributed by atoms with Crippen LogP contribution in [0.3, 0.4) is 0 Å². The van der Waals surface area contributed by atoms with Crippen molar-refractivity contribution in [3.8, 4) is 0 Å². The highest BCUT2D eigenvalue weighted by atomic mass is 16.2. The van der Waals surface area contributed by atoms with Crippen LogP contribution in [-0.4, -0.2) is 36.9 Å². The maximum Gasteiger partial charge on any atom is 0.223 e. The van der Waals surface area contributed by atoms with Gasteiger partial charge in [0.15, 0.2) is 5.96 Å². The van der Waals surface area contributed by atoms with E-state index in [1.807, 2.05) is 17.0 Å². The SMILES string of the molecule is CCCNC(=NC)NCCCC(=O)N1Cc2ccccc2C1. The number of nitrogens with zero attached hydrogens (tertiary/aromatic N) is 2. The predicted octanol–water partition coefficient (Wildman–Crippen LogP) is 1.88. The lowest BCUT2D eigenvalue weighted by Gasteiger charge is -2.16. The molecule has 1 heterocycles. The number of amides is 1. The van der Waals surface area contributed by atoms with Crippen LogP contribution in [0.25, 0.3) is 0 Å². The third-order valence-corrected chi connectivity index (χ3v) is 3.82. The van der Waals surface area contributed by atoms with Crippen molar-refractivity contribution in [2.75, 3.05) is 20.1 Å². The quantitative estimate of drug-likeness (QED) is 0.479. The summed E-state index contributed by atoms with van der Waals surface area (Å²) >= 11 is 0. The lowest BCUT2D eigenvalue weighted by molar-refractivity contribution is -0.131. The smallest absolute Gasteiger partial charge is 0.223 e. The second kappa shape index (κ2) is 8.41. The first-order valence-electron chi connectivity index (χ1n) is 8.03. The molecule has 1 aliphatic heterocycles. The summed E-state index contributed by atoms with van der Waals surface area (Å²) in [5.41, 5.74) is 2.55. The number of fused-ring (bicyclic) bond motifs is 1. The third kappa shape index (κ3) is 4.48. The first-order valence-corrected chi connectivity index (χ1v) is 8.03. The first-order chi connectivity index (χ1) is 10.7. The van der Waals surface area contributed by atoms with E-state index in [0.717, 1.165) is 45.0 Å². The molecule has 5 heteroatoms. The van der Waals surface area contributed by atoms with Crippen LogP contribution in [0.2, 0.25) is 0 Å². The molecule has 1 aromatic rings. The standard InChI is InChI=1S/C17H26N4O/c1-3-10-19-17(18-2)20-11-6-9-16(22)21-12-14-7-4-5-8-15(14)13-21/h4-5,7-8H,3,6,9-13H2,1-2H3,(H2,18,19,20). The highest BCUT2D eigenvalue weighted by Gasteiger charge is 2.22. The van der Waals surface area contributed by atoms with E-state index in [-0.39, 0.29) is 5.91 Å². The van der Waals surface area contributed by atoms with Gasteiger partial charge in [-0.3, -0.25) is 9.79 Å². The Hall–Kier alpha value is -2.04. The predicted molar refractivity (Wildman–Crippen MR) is 89.6 cm³/mol. The number of carbonyl (C=O) groups is 1. The van der Waals surface area contributed by atoms with Crippen molar-refractivity contribution in [2.45, 2.75) is 39.3 Å². The van der Waals surface area contributed by atoms with Crippen LogP contribution < -0.4 is 10.6 Å². The molecule has 1 aromatic carbocycles. The summed E-state index contributed by atoms with van der Waals surface area (Å²) in [7, 11) is 1.76. The molecule has 120 valence electrons. The zero-order chi connectivity index (χ0) is 15.8. The van der Waals surface area contributed by atoms with E-state index in [9.17, 15) is 4.79 Å². The number of nitrogens with one attached hydrogen (secondary N) is 2. The summed E-state index contributed by atoms with van der Waals surface area (Å²) < 4.78 is 0. The minimum atomic E-state index is 0.231. The summed E-state index contributed by atoms with van der Waals surface area (Å²) in [5, 5.41) is 6.45. The molecule has 2 N–H and O–H groups in total. The van der Waals surface area contributed by atoms with Gasteiger partial charge in [0.25, 0.3) is 0 Å². The fraction of sp³-hybridized carbons (Fsp3) is 0.529. The number of guanidine groups is 1. The molecule has 5 nitrogen and oxygen atoms in total. The van der Waals surface area contributed by atoms with E-state index in [1.54, 1.807) is 7.05 Å². The van der Waals surface area contributed by atoms with Gasteiger partial charge in [-0.05, 0) is 24.0 Å². The molecule has 0 atom stereocenters. The largest absolute Gasteiger partial charge is 0.356 e. The molecule has 0 bridgehead atoms. The van der Waals surface area contributed by atoms with Crippen molar-refractivity contribution in [1.82, 2.24) is 15.5 Å². The number of hydrogen-bond donors (Lipinski definition) is 2. The molecule has 0 unspecified atom stereocenters. The Labute approximate surface area is 132 Å². The van der Waals surface area contributed by atoms with E-state index in [4.69, 9.17) is 0 Å². The van der Waals surface area contributed by atoms with Gasteiger partial charge in [-0.15, -0.1) is 0 Å². The average molecular weight is 302 g/mol. The Kier molecular flexibility index (Phi) is 6.25. The molecule has 0 aromatic heterocycles. The van der Waals surface area contributed by atoms with Gasteiger partial charge in [0.1, 0.15) is 0 Å². The lowest BCUT2D eigenvalue weighted by atomic mass is 10.1. The van der Waals surface area contributed by atoms with Gasteiger partial charge in [-0.2, -0.15) is 0 Å². The molecule has 0 saturated heterocycles. The number of carbonyl (C=O) groups excluding carboxylic acids is 1. The van der Waals surface area contributed by atoms with Gasteiger partial charge in [-0.1, -0.05) is 31.2 Å². The van der Waals surface area contributed by atoms with Crippen molar-refractivity contribution in [3.63, 3.8) is 0 Å². The van der Waals surface area contributed by atoms with Crippen molar-refractivity contribution in [2.24, 2.45) is 4.99 Å². The average Bonchev–Trinajstić information content (AvgIpc) is 2.98. The van der Waals surface area contributed by atoms with Gasteiger partial charge in [0, 0.05) is 39.6 Å². The van der Waals surface area contributed by atoms with Crippen LogP contribution in [0, 0.1) is 0 Å². The Bertz CT molecular complexity index is 502. The molecule has 1 amide bonds. The van der Waals surface area contributed by atoms with E-state index in [0.29, 0.717) is 6.42 Å². The summed E-state index contributed by atoms with van der Waals surface area (Å²) in [4.78, 5) is 18.3. The number of benzene rings is 1. The molecule has 0 spiro atoms. The highest BCUT2D eigenvalue weighted by molar-refractivity contribution is 5.80. The highest BCUT2D eigenvalue weighted by Crippen LogP contribution is 2.22. The van der Waals surface area contributed by atoms with Crippen molar-refractivity contribution in [1.29, 1.82) is 0 Å². The van der Waals surface area contributed by atoms with Crippen LogP contribution in [0.15, 0.2) is 29.3 Å². The molecule has 22 heavy (non-hydrogen) atoms. The third-order valence-electron chi connectivity index (χ3n) is 3.82. The van der Waals surface area contributed by atoms with Gasteiger partial charge in [0.2, 0.25) is 5.91 Å². The maximum atomic E-state index is 12.3. The van der Waals surface area contributed by atoms with E-state index >= 15 is 0 Å². The number of hydrogen-bond acceptors (Lipinski definition) is 2. The van der Waals surface area contributed by atoms with Crippen LogP contribution in [0.1, 0.15) is 37.3 Å². The summed E-state index contributed by atoms with van der Waals surface area (Å²) in [6.45, 7) is 5.29. The van der Waals surface area contributed by atoms with Crippen LogP contribution in [0.5, 0.6) is 0 Å². The van der Waals surface area contributed by atoms with Gasteiger partial charge in [0.05, 0.1) is 0 Å². The van der Waals surface area contributed by atoms with Crippen molar-refractivity contribution in [3.05, 3.63) is 35.4 Å². The van der Waals surface area contributed by atoms with Gasteiger partial charge < -0.3 is 15.5 Å². The molecule has 0 radical (unpaired) electrons. The Morgan fingerprint density at radius 1 is 1.18 bits per heavy atom. The molecule has 2 rings (SSSR count). The summed E-state index contributed by atoms with van der Waals surface area (Å²) in [6, 6.07) is 8.28. The molecular weight excluding hydrogens is 276 g/mol. The van der Waals surface area contributed by atoms with Crippen LogP contribution in [-0.2, 0) is 17.9 Å². The van der Waals surface area contributed by atoms with E-state index in [1.165, 1.54) is 11.1 Å². The number of rotatable bonds is 6. The number of aliphatic imine (C=N–C) groups is 1. The Morgan fingerprint density at radius 2 is 1.82 bits per heavy atom. The van der Waals surface area contributed by atoms with E-state index in [2.05, 4.69) is 34.7 Å². The van der Waals surface area contributed by atoms with Gasteiger partial charge in [-0.25, -0.2) is 0 Å². The Morgan fingerprint density at radius 3 is 2.41 bits per heavy atom. The molecule has 0 aliphatic carbocycles. The van der Waals surface area contributed by atoms with Gasteiger partial charge >= 0.3 is 0 Å². The maximum absolute atomic E-state index is 12.3. The minimum Gasteiger partial charge on any atom is -0.356 e. The monoisotopic (exact) mass is 302 g/mol. The molecule has 0 saturated carbocycles.